The number of carbonyl (C=O) groups is 1. The van der Waals surface area contributed by atoms with Crippen LogP contribution in [0.25, 0.3) is 0 Å². The number of nitrogens with zero attached hydrogens (tertiary/aromatic N) is 2. The van der Waals surface area contributed by atoms with E-state index < -0.39 is 11.5 Å². The van der Waals surface area contributed by atoms with Gasteiger partial charge in [0.1, 0.15) is 16.3 Å². The van der Waals surface area contributed by atoms with Crippen LogP contribution >= 0.6 is 23.5 Å². The lowest BCUT2D eigenvalue weighted by Crippen LogP contribution is -2.52. The zero-order valence-corrected chi connectivity index (χ0v) is 14.0. The van der Waals surface area contributed by atoms with Crippen molar-refractivity contribution in [3.05, 3.63) is 29.8 Å². The molecule has 7 heteroatoms. The van der Waals surface area contributed by atoms with Crippen LogP contribution in [0.1, 0.15) is 12.5 Å². The minimum Gasteiger partial charge on any atom is -0.507 e. The number of likely N-dealkylation sites (N-methyl/N-ethyl adjacent to an activating group) is 1. The van der Waals surface area contributed by atoms with Crippen LogP contribution in [0.15, 0.2) is 29.3 Å². The molecule has 0 spiro atoms. The average Bonchev–Trinajstić information content (AvgIpc) is 3.07. The largest absolute Gasteiger partial charge is 0.507 e. The highest BCUT2D eigenvalue weighted by molar-refractivity contribution is 8.14. The molecule has 1 aromatic carbocycles. The predicted molar refractivity (Wildman–Crippen MR) is 90.9 cm³/mol. The fourth-order valence-corrected chi connectivity index (χ4v) is 5.56. The number of carboxylic acids is 1. The van der Waals surface area contributed by atoms with Gasteiger partial charge in [-0.2, -0.15) is 0 Å². The molecular weight excluding hydrogens is 320 g/mol. The lowest BCUT2D eigenvalue weighted by molar-refractivity contribution is -0.147. The fourth-order valence-electron chi connectivity index (χ4n) is 2.66. The Bertz CT molecular complexity index is 637. The molecule has 2 N–H and O–H groups in total. The molecule has 118 valence electrons. The summed E-state index contributed by atoms with van der Waals surface area (Å²) in [5.74, 6) is 0.811. The molecule has 1 aromatic rings. The highest BCUT2D eigenvalue weighted by Crippen LogP contribution is 2.41. The number of rotatable bonds is 3. The van der Waals surface area contributed by atoms with E-state index in [1.807, 2.05) is 24.1 Å². The maximum Gasteiger partial charge on any atom is 0.324 e. The van der Waals surface area contributed by atoms with Crippen molar-refractivity contribution >= 4 is 34.5 Å². The Balaban J connectivity index is 1.81. The van der Waals surface area contributed by atoms with Crippen LogP contribution in [0, 0.1) is 0 Å². The van der Waals surface area contributed by atoms with E-state index in [-0.39, 0.29) is 17.2 Å². The molecule has 0 bridgehead atoms. The van der Waals surface area contributed by atoms with Crippen LogP contribution in [0.5, 0.6) is 5.75 Å². The Morgan fingerprint density at radius 2 is 2.18 bits per heavy atom. The van der Waals surface area contributed by atoms with E-state index in [2.05, 4.69) is 0 Å². The maximum atomic E-state index is 11.5. The molecule has 0 aliphatic carbocycles. The van der Waals surface area contributed by atoms with Crippen molar-refractivity contribution in [2.24, 2.45) is 4.99 Å². The third kappa shape index (κ3) is 2.51. The Hall–Kier alpha value is -1.18. The standard InChI is InChI=1S/C15H18N2O3S2/c1-15(14(19)20)8-22-13(17(15)2)10-7-21-12(16-10)9-5-3-4-6-11(9)18/h3-6,10,13,18H,7-8H2,1-2H3,(H,19,20)/t10?,13?,15-/m1/s1. The molecule has 3 rings (SSSR count). The minimum absolute atomic E-state index is 0.0378. The Morgan fingerprint density at radius 1 is 1.45 bits per heavy atom. The minimum atomic E-state index is -0.840. The van der Waals surface area contributed by atoms with E-state index in [9.17, 15) is 15.0 Å². The summed E-state index contributed by atoms with van der Waals surface area (Å²) in [4.78, 5) is 18.2. The third-order valence-electron chi connectivity index (χ3n) is 4.29. The van der Waals surface area contributed by atoms with E-state index in [0.717, 1.165) is 16.4 Å². The smallest absolute Gasteiger partial charge is 0.324 e. The topological polar surface area (TPSA) is 73.1 Å². The van der Waals surface area contributed by atoms with Gasteiger partial charge in [0.2, 0.25) is 0 Å². The van der Waals surface area contributed by atoms with Crippen LogP contribution in [-0.2, 0) is 4.79 Å². The summed E-state index contributed by atoms with van der Waals surface area (Å²) in [6.07, 6.45) is 0. The first-order valence-electron chi connectivity index (χ1n) is 7.00. The number of phenolic OH excluding ortho intramolecular Hbond substituents is 1. The molecule has 3 atom stereocenters. The number of para-hydroxylation sites is 1. The number of aliphatic imine (C=N–C) groups is 1. The van der Waals surface area contributed by atoms with E-state index in [1.54, 1.807) is 42.6 Å². The maximum absolute atomic E-state index is 11.5. The second-order valence-corrected chi connectivity index (χ2v) is 7.83. The summed E-state index contributed by atoms with van der Waals surface area (Å²) in [5.41, 5.74) is -0.0886. The molecule has 1 fully saturated rings. The first-order chi connectivity index (χ1) is 10.4. The number of benzene rings is 1. The monoisotopic (exact) mass is 338 g/mol. The van der Waals surface area contributed by atoms with E-state index in [4.69, 9.17) is 4.99 Å². The number of carboxylic acid groups (broad SMARTS) is 1. The van der Waals surface area contributed by atoms with E-state index in [1.165, 1.54) is 0 Å². The van der Waals surface area contributed by atoms with Gasteiger partial charge in [0, 0.05) is 17.1 Å². The van der Waals surface area contributed by atoms with Gasteiger partial charge in [-0.3, -0.25) is 14.7 Å². The van der Waals surface area contributed by atoms with Gasteiger partial charge in [-0.15, -0.1) is 23.5 Å². The lowest BCUT2D eigenvalue weighted by Gasteiger charge is -2.31. The van der Waals surface area contributed by atoms with Gasteiger partial charge in [-0.05, 0) is 26.1 Å². The predicted octanol–water partition coefficient (Wildman–Crippen LogP) is 2.10. The molecule has 2 unspecified atom stereocenters. The van der Waals surface area contributed by atoms with Crippen molar-refractivity contribution in [3.63, 3.8) is 0 Å². The van der Waals surface area contributed by atoms with Gasteiger partial charge in [-0.25, -0.2) is 0 Å². The van der Waals surface area contributed by atoms with Crippen molar-refractivity contribution in [1.29, 1.82) is 0 Å². The molecule has 0 amide bonds. The number of thioether (sulfide) groups is 2. The molecule has 2 aliphatic heterocycles. The van der Waals surface area contributed by atoms with Crippen LogP contribution < -0.4 is 0 Å². The van der Waals surface area contributed by atoms with E-state index >= 15 is 0 Å². The van der Waals surface area contributed by atoms with Gasteiger partial charge in [0.15, 0.2) is 0 Å². The number of aliphatic carboxylic acids is 1. The first kappa shape index (κ1) is 15.7. The van der Waals surface area contributed by atoms with Crippen molar-refractivity contribution in [2.45, 2.75) is 23.9 Å². The van der Waals surface area contributed by atoms with Crippen molar-refractivity contribution < 1.29 is 15.0 Å². The fraction of sp³-hybridized carbons (Fsp3) is 0.467. The number of hydrogen-bond donors (Lipinski definition) is 2. The second kappa shape index (κ2) is 5.79. The first-order valence-corrected chi connectivity index (χ1v) is 9.04. The van der Waals surface area contributed by atoms with Crippen molar-refractivity contribution in [3.8, 4) is 5.75 Å². The summed E-state index contributed by atoms with van der Waals surface area (Å²) in [6, 6.07) is 7.22. The van der Waals surface area contributed by atoms with Gasteiger partial charge >= 0.3 is 5.97 Å². The summed E-state index contributed by atoms with van der Waals surface area (Å²) in [6.45, 7) is 1.76. The van der Waals surface area contributed by atoms with Gasteiger partial charge in [0.05, 0.1) is 11.4 Å². The Kier molecular flexibility index (Phi) is 4.13. The summed E-state index contributed by atoms with van der Waals surface area (Å²) >= 11 is 3.26. The molecule has 2 aliphatic rings. The lowest BCUT2D eigenvalue weighted by atomic mass is 10.0. The second-order valence-electron chi connectivity index (χ2n) is 5.72. The van der Waals surface area contributed by atoms with Crippen LogP contribution in [0.4, 0.5) is 0 Å². The number of hydrogen-bond acceptors (Lipinski definition) is 6. The molecular formula is C15H18N2O3S2. The van der Waals surface area contributed by atoms with E-state index in [0.29, 0.717) is 5.75 Å². The molecule has 5 nitrogen and oxygen atoms in total. The highest BCUT2D eigenvalue weighted by Gasteiger charge is 2.50. The molecule has 22 heavy (non-hydrogen) atoms. The van der Waals surface area contributed by atoms with Crippen LogP contribution in [0.3, 0.4) is 0 Å². The SMILES string of the molecule is CN1C(C2CSC(c3ccccc3O)=N2)SC[C@]1(C)C(=O)O. The zero-order chi connectivity index (χ0) is 15.9. The molecule has 1 saturated heterocycles. The van der Waals surface area contributed by atoms with Crippen molar-refractivity contribution in [1.82, 2.24) is 4.90 Å². The van der Waals surface area contributed by atoms with Crippen molar-refractivity contribution in [2.75, 3.05) is 18.6 Å². The van der Waals surface area contributed by atoms with Crippen LogP contribution in [0.2, 0.25) is 0 Å². The molecule has 2 heterocycles. The summed E-state index contributed by atoms with van der Waals surface area (Å²) in [7, 11) is 1.86. The number of aromatic hydroxyl groups is 1. The third-order valence-corrected chi connectivity index (χ3v) is 7.10. The summed E-state index contributed by atoms with van der Waals surface area (Å²) in [5, 5.41) is 20.3. The average molecular weight is 338 g/mol. The van der Waals surface area contributed by atoms with Gasteiger partial charge in [-0.1, -0.05) is 12.1 Å². The van der Waals surface area contributed by atoms with Gasteiger partial charge in [0.25, 0.3) is 0 Å². The van der Waals surface area contributed by atoms with Gasteiger partial charge < -0.3 is 10.2 Å². The van der Waals surface area contributed by atoms with Crippen LogP contribution in [-0.4, -0.2) is 61.6 Å². The molecule has 0 radical (unpaired) electrons. The molecule has 0 saturated carbocycles. The number of phenols is 1. The quantitative estimate of drug-likeness (QED) is 0.879. The zero-order valence-electron chi connectivity index (χ0n) is 12.4. The summed E-state index contributed by atoms with van der Waals surface area (Å²) < 4.78 is 0. The Labute approximate surface area is 137 Å². The normalized spacial score (nSPS) is 32.2. The highest BCUT2D eigenvalue weighted by atomic mass is 32.2. The Morgan fingerprint density at radius 3 is 2.82 bits per heavy atom. The molecule has 0 aromatic heterocycles.